The molecule has 2 N–H and O–H groups in total. The lowest BCUT2D eigenvalue weighted by Gasteiger charge is -2.18. The topological polar surface area (TPSA) is 56.7 Å². The van der Waals surface area contributed by atoms with Gasteiger partial charge in [-0.25, -0.2) is 0 Å². The Morgan fingerprint density at radius 2 is 2.00 bits per heavy atom. The molecule has 0 spiro atoms. The van der Waals surface area contributed by atoms with Gasteiger partial charge in [0.05, 0.1) is 0 Å². The van der Waals surface area contributed by atoms with Gasteiger partial charge < -0.3 is 15.5 Å². The summed E-state index contributed by atoms with van der Waals surface area (Å²) in [5.74, 6) is 1.26. The SMILES string of the molecule is CCNC(=NCC(C)c1ccsc1)NCCC(=O)N(C)Cc1ccccc1. The predicted molar refractivity (Wildman–Crippen MR) is 114 cm³/mol. The van der Waals surface area contributed by atoms with E-state index in [1.54, 1.807) is 16.2 Å². The first-order valence-corrected chi connectivity index (χ1v) is 10.4. The largest absolute Gasteiger partial charge is 0.357 e. The van der Waals surface area contributed by atoms with Crippen molar-refractivity contribution in [2.24, 2.45) is 4.99 Å². The third kappa shape index (κ3) is 7.43. The van der Waals surface area contributed by atoms with Crippen LogP contribution in [0.15, 0.2) is 52.2 Å². The molecular weight excluding hydrogens is 356 g/mol. The zero-order valence-corrected chi connectivity index (χ0v) is 17.3. The first-order valence-electron chi connectivity index (χ1n) is 9.42. The van der Waals surface area contributed by atoms with Crippen molar-refractivity contribution in [2.45, 2.75) is 32.7 Å². The Hall–Kier alpha value is -2.34. The molecule has 1 aromatic heterocycles. The molecule has 6 heteroatoms. The fourth-order valence-electron chi connectivity index (χ4n) is 2.65. The van der Waals surface area contributed by atoms with Gasteiger partial charge in [-0.15, -0.1) is 0 Å². The lowest BCUT2D eigenvalue weighted by atomic mass is 10.1. The normalized spacial score (nSPS) is 12.5. The molecule has 0 bridgehead atoms. The molecule has 5 nitrogen and oxygen atoms in total. The number of nitrogens with one attached hydrogen (secondary N) is 2. The van der Waals surface area contributed by atoms with E-state index in [2.05, 4.69) is 39.4 Å². The van der Waals surface area contributed by atoms with Crippen LogP contribution in [0.4, 0.5) is 0 Å². The summed E-state index contributed by atoms with van der Waals surface area (Å²) in [4.78, 5) is 18.8. The molecule has 1 amide bonds. The maximum atomic E-state index is 12.3. The summed E-state index contributed by atoms with van der Waals surface area (Å²) in [6, 6.07) is 12.2. The van der Waals surface area contributed by atoms with E-state index in [1.165, 1.54) is 5.56 Å². The lowest BCUT2D eigenvalue weighted by Crippen LogP contribution is -2.39. The Bertz CT molecular complexity index is 700. The van der Waals surface area contributed by atoms with Crippen molar-refractivity contribution in [3.63, 3.8) is 0 Å². The van der Waals surface area contributed by atoms with Crippen molar-refractivity contribution in [3.05, 3.63) is 58.3 Å². The highest BCUT2D eigenvalue weighted by Gasteiger charge is 2.10. The molecule has 2 aromatic rings. The zero-order chi connectivity index (χ0) is 19.5. The predicted octanol–water partition coefficient (Wildman–Crippen LogP) is 3.46. The molecule has 1 atom stereocenters. The summed E-state index contributed by atoms with van der Waals surface area (Å²) in [7, 11) is 1.84. The molecule has 146 valence electrons. The fraction of sp³-hybridized carbons (Fsp3) is 0.429. The van der Waals surface area contributed by atoms with Crippen molar-refractivity contribution < 1.29 is 4.79 Å². The minimum atomic E-state index is 0.119. The Kier molecular flexibility index (Phi) is 8.84. The van der Waals surface area contributed by atoms with E-state index in [4.69, 9.17) is 0 Å². The highest BCUT2D eigenvalue weighted by molar-refractivity contribution is 7.07. The fourth-order valence-corrected chi connectivity index (χ4v) is 3.44. The van der Waals surface area contributed by atoms with E-state index in [9.17, 15) is 4.79 Å². The number of rotatable bonds is 9. The number of guanidine groups is 1. The van der Waals surface area contributed by atoms with Crippen LogP contribution < -0.4 is 10.6 Å². The van der Waals surface area contributed by atoms with E-state index < -0.39 is 0 Å². The second kappa shape index (κ2) is 11.4. The standard InChI is InChI=1S/C21H30N4OS/c1-4-22-21(24-14-17(2)19-11-13-27-16-19)23-12-10-20(26)25(3)15-18-8-6-5-7-9-18/h5-9,11,13,16-17H,4,10,12,14-15H2,1-3H3,(H2,22,23,24). The van der Waals surface area contributed by atoms with Gasteiger partial charge in [0.25, 0.3) is 0 Å². The van der Waals surface area contributed by atoms with Gasteiger partial charge in [-0.1, -0.05) is 37.3 Å². The maximum absolute atomic E-state index is 12.3. The number of carbonyl (C=O) groups is 1. The molecule has 0 aliphatic heterocycles. The minimum Gasteiger partial charge on any atom is -0.357 e. The summed E-state index contributed by atoms with van der Waals surface area (Å²) in [6.07, 6.45) is 0.438. The molecule has 0 aliphatic rings. The third-order valence-corrected chi connectivity index (χ3v) is 5.00. The van der Waals surface area contributed by atoms with Crippen LogP contribution in [0, 0.1) is 0 Å². The highest BCUT2D eigenvalue weighted by Crippen LogP contribution is 2.18. The molecule has 0 aliphatic carbocycles. The summed E-state index contributed by atoms with van der Waals surface area (Å²) in [5.41, 5.74) is 2.45. The van der Waals surface area contributed by atoms with E-state index >= 15 is 0 Å². The van der Waals surface area contributed by atoms with E-state index in [0.717, 1.165) is 18.1 Å². The van der Waals surface area contributed by atoms with Gasteiger partial charge in [-0.05, 0) is 34.9 Å². The van der Waals surface area contributed by atoms with Gasteiger partial charge >= 0.3 is 0 Å². The Balaban J connectivity index is 1.77. The summed E-state index contributed by atoms with van der Waals surface area (Å²) in [6.45, 7) is 6.92. The number of thiophene rings is 1. The third-order valence-electron chi connectivity index (χ3n) is 4.30. The number of carbonyl (C=O) groups excluding carboxylic acids is 1. The van der Waals surface area contributed by atoms with Crippen LogP contribution >= 0.6 is 11.3 Å². The quantitative estimate of drug-likeness (QED) is 0.513. The van der Waals surface area contributed by atoms with Crippen molar-refractivity contribution in [3.8, 4) is 0 Å². The number of nitrogens with zero attached hydrogens (tertiary/aromatic N) is 2. The van der Waals surface area contributed by atoms with E-state index in [1.807, 2.05) is 44.3 Å². The lowest BCUT2D eigenvalue weighted by molar-refractivity contribution is -0.130. The van der Waals surface area contributed by atoms with Gasteiger partial charge in [-0.2, -0.15) is 11.3 Å². The first kappa shape index (κ1) is 21.0. The Morgan fingerprint density at radius 1 is 1.22 bits per heavy atom. The second-order valence-electron chi connectivity index (χ2n) is 6.59. The molecule has 0 saturated heterocycles. The number of hydrogen-bond donors (Lipinski definition) is 2. The van der Waals surface area contributed by atoms with Crippen LogP contribution in [-0.4, -0.2) is 43.4 Å². The highest BCUT2D eigenvalue weighted by atomic mass is 32.1. The van der Waals surface area contributed by atoms with Gasteiger partial charge in [0, 0.05) is 45.6 Å². The van der Waals surface area contributed by atoms with Crippen LogP contribution in [-0.2, 0) is 11.3 Å². The Labute approximate surface area is 166 Å². The van der Waals surface area contributed by atoms with Crippen molar-refractivity contribution in [1.29, 1.82) is 0 Å². The molecule has 1 unspecified atom stereocenters. The summed E-state index contributed by atoms with van der Waals surface area (Å²) >= 11 is 1.71. The van der Waals surface area contributed by atoms with Gasteiger partial charge in [0.1, 0.15) is 0 Å². The number of amides is 1. The molecular formula is C21H30N4OS. The van der Waals surface area contributed by atoms with Crippen molar-refractivity contribution in [1.82, 2.24) is 15.5 Å². The van der Waals surface area contributed by atoms with Crippen molar-refractivity contribution in [2.75, 3.05) is 26.7 Å². The molecule has 2 rings (SSSR count). The van der Waals surface area contributed by atoms with Crippen LogP contribution in [0.2, 0.25) is 0 Å². The molecule has 0 saturated carbocycles. The minimum absolute atomic E-state index is 0.119. The van der Waals surface area contributed by atoms with Crippen molar-refractivity contribution >= 4 is 23.2 Å². The van der Waals surface area contributed by atoms with Crippen LogP contribution in [0.3, 0.4) is 0 Å². The second-order valence-corrected chi connectivity index (χ2v) is 7.37. The average Bonchev–Trinajstić information content (AvgIpc) is 3.21. The summed E-state index contributed by atoms with van der Waals surface area (Å²) < 4.78 is 0. The molecule has 27 heavy (non-hydrogen) atoms. The van der Waals surface area contributed by atoms with Crippen LogP contribution in [0.5, 0.6) is 0 Å². The van der Waals surface area contributed by atoms with Crippen LogP contribution in [0.25, 0.3) is 0 Å². The van der Waals surface area contributed by atoms with E-state index in [-0.39, 0.29) is 5.91 Å². The van der Waals surface area contributed by atoms with Crippen LogP contribution in [0.1, 0.15) is 37.3 Å². The Morgan fingerprint density at radius 3 is 2.67 bits per heavy atom. The molecule has 0 fully saturated rings. The maximum Gasteiger partial charge on any atom is 0.224 e. The smallest absolute Gasteiger partial charge is 0.224 e. The van der Waals surface area contributed by atoms with E-state index in [0.29, 0.717) is 32.0 Å². The zero-order valence-electron chi connectivity index (χ0n) is 16.4. The number of hydrogen-bond acceptors (Lipinski definition) is 3. The molecule has 0 radical (unpaired) electrons. The molecule has 1 aromatic carbocycles. The average molecular weight is 387 g/mol. The number of benzene rings is 1. The van der Waals surface area contributed by atoms with Gasteiger partial charge in [-0.3, -0.25) is 9.79 Å². The van der Waals surface area contributed by atoms with Gasteiger partial charge in [0.2, 0.25) is 5.91 Å². The first-order chi connectivity index (χ1) is 13.1. The van der Waals surface area contributed by atoms with Gasteiger partial charge in [0.15, 0.2) is 5.96 Å². The molecule has 1 heterocycles. The number of aliphatic imine (C=N–C) groups is 1. The summed E-state index contributed by atoms with van der Waals surface area (Å²) in [5, 5.41) is 10.8. The monoisotopic (exact) mass is 386 g/mol.